The minimum Gasteiger partial charge on any atom is -0.481 e. The van der Waals surface area contributed by atoms with E-state index in [1.165, 1.54) is 0 Å². The molecule has 26 heavy (non-hydrogen) atoms. The van der Waals surface area contributed by atoms with Crippen LogP contribution in [0.4, 0.5) is 0 Å². The van der Waals surface area contributed by atoms with Gasteiger partial charge in [-0.3, -0.25) is 4.79 Å². The number of fused-ring (bicyclic) bond motifs is 2. The van der Waals surface area contributed by atoms with Gasteiger partial charge in [-0.15, -0.1) is 0 Å². The van der Waals surface area contributed by atoms with Crippen LogP contribution in [0, 0.1) is 11.8 Å². The number of sulfone groups is 1. The SMILES string of the molecule is CCCCCCS(=O)(=O)C[C@H]1[C@@H](COCCCCC(=O)O)[C@H]2CC[C@@H]1O2. The molecule has 2 fully saturated rings. The summed E-state index contributed by atoms with van der Waals surface area (Å²) in [5, 5.41) is 8.63. The maximum absolute atomic E-state index is 12.5. The highest BCUT2D eigenvalue weighted by molar-refractivity contribution is 7.91. The predicted molar refractivity (Wildman–Crippen MR) is 100.0 cm³/mol. The maximum Gasteiger partial charge on any atom is 0.303 e. The predicted octanol–water partition coefficient (Wildman–Crippen LogP) is 3.05. The molecule has 0 unspecified atom stereocenters. The number of carboxylic acid groups (broad SMARTS) is 1. The number of rotatable bonds is 14. The largest absolute Gasteiger partial charge is 0.481 e. The molecule has 2 rings (SSSR count). The molecule has 2 aliphatic heterocycles. The normalized spacial score (nSPS) is 27.9. The molecule has 2 bridgehead atoms. The number of unbranched alkanes of at least 4 members (excludes halogenated alkanes) is 4. The molecule has 0 radical (unpaired) electrons. The van der Waals surface area contributed by atoms with Crippen LogP contribution in [-0.4, -0.2) is 56.4 Å². The number of ether oxygens (including phenoxy) is 2. The first kappa shape index (κ1) is 21.6. The van der Waals surface area contributed by atoms with Crippen molar-refractivity contribution in [2.24, 2.45) is 11.8 Å². The third kappa shape index (κ3) is 6.82. The lowest BCUT2D eigenvalue weighted by molar-refractivity contribution is -0.137. The van der Waals surface area contributed by atoms with Gasteiger partial charge < -0.3 is 14.6 Å². The monoisotopic (exact) mass is 390 g/mol. The van der Waals surface area contributed by atoms with Crippen LogP contribution in [-0.2, 0) is 24.1 Å². The summed E-state index contributed by atoms with van der Waals surface area (Å²) < 4.78 is 36.7. The molecule has 0 amide bonds. The summed E-state index contributed by atoms with van der Waals surface area (Å²) in [4.78, 5) is 10.5. The van der Waals surface area contributed by atoms with E-state index in [2.05, 4.69) is 6.92 Å². The first-order valence-corrected chi connectivity index (χ1v) is 11.9. The van der Waals surface area contributed by atoms with E-state index in [4.69, 9.17) is 14.6 Å². The molecule has 0 spiro atoms. The van der Waals surface area contributed by atoms with Gasteiger partial charge in [-0.25, -0.2) is 8.42 Å². The second kappa shape index (κ2) is 10.6. The van der Waals surface area contributed by atoms with Crippen LogP contribution in [0.2, 0.25) is 0 Å². The first-order valence-electron chi connectivity index (χ1n) is 10.1. The topological polar surface area (TPSA) is 89.9 Å². The Bertz CT molecular complexity index is 532. The summed E-state index contributed by atoms with van der Waals surface area (Å²) in [6.45, 7) is 3.16. The molecule has 152 valence electrons. The van der Waals surface area contributed by atoms with Gasteiger partial charge in [0.1, 0.15) is 0 Å². The average Bonchev–Trinajstić information content (AvgIpc) is 3.16. The number of aliphatic carboxylic acids is 1. The highest BCUT2D eigenvalue weighted by atomic mass is 32.2. The van der Waals surface area contributed by atoms with Gasteiger partial charge in [0.05, 0.1) is 30.3 Å². The van der Waals surface area contributed by atoms with Crippen molar-refractivity contribution in [3.05, 3.63) is 0 Å². The minimum absolute atomic E-state index is 0.0453. The van der Waals surface area contributed by atoms with Gasteiger partial charge >= 0.3 is 5.97 Å². The van der Waals surface area contributed by atoms with Crippen LogP contribution in [0.1, 0.15) is 64.7 Å². The maximum atomic E-state index is 12.5. The Balaban J connectivity index is 1.75. The highest BCUT2D eigenvalue weighted by Gasteiger charge is 2.50. The summed E-state index contributed by atoms with van der Waals surface area (Å²) in [6, 6.07) is 0. The smallest absolute Gasteiger partial charge is 0.303 e. The molecule has 2 aliphatic rings. The van der Waals surface area contributed by atoms with Crippen molar-refractivity contribution >= 4 is 15.8 Å². The van der Waals surface area contributed by atoms with Crippen LogP contribution in [0.15, 0.2) is 0 Å². The Labute approximate surface area is 157 Å². The molecule has 0 aliphatic carbocycles. The molecule has 6 nitrogen and oxygen atoms in total. The van der Waals surface area contributed by atoms with Crippen molar-refractivity contribution in [3.8, 4) is 0 Å². The second-order valence-corrected chi connectivity index (χ2v) is 9.95. The Kier molecular flexibility index (Phi) is 8.84. The number of carbonyl (C=O) groups is 1. The molecule has 0 aromatic carbocycles. The summed E-state index contributed by atoms with van der Waals surface area (Å²) in [7, 11) is -3.05. The van der Waals surface area contributed by atoms with Crippen LogP contribution in [0.3, 0.4) is 0 Å². The van der Waals surface area contributed by atoms with E-state index in [1.807, 2.05) is 0 Å². The molecular formula is C19H34O6S. The van der Waals surface area contributed by atoms with E-state index in [1.54, 1.807) is 0 Å². The van der Waals surface area contributed by atoms with E-state index in [9.17, 15) is 13.2 Å². The standard InChI is InChI=1S/C19H34O6S/c1-2-3-4-7-12-26(22,23)14-16-15(17-9-10-18(16)25-17)13-24-11-6-5-8-19(20)21/h15-18H,2-14H2,1H3,(H,20,21)/t15-,16+,17-,18+/m1/s1. The van der Waals surface area contributed by atoms with E-state index in [0.717, 1.165) is 38.5 Å². The molecule has 2 heterocycles. The van der Waals surface area contributed by atoms with E-state index >= 15 is 0 Å². The van der Waals surface area contributed by atoms with Gasteiger partial charge in [-0.05, 0) is 32.1 Å². The molecule has 2 saturated heterocycles. The van der Waals surface area contributed by atoms with Gasteiger partial charge in [-0.2, -0.15) is 0 Å². The molecule has 7 heteroatoms. The molecule has 1 N–H and O–H groups in total. The molecule has 0 aromatic rings. The van der Waals surface area contributed by atoms with E-state index in [0.29, 0.717) is 26.1 Å². The lowest BCUT2D eigenvalue weighted by Gasteiger charge is -2.27. The number of hydrogen-bond donors (Lipinski definition) is 1. The van der Waals surface area contributed by atoms with Crippen LogP contribution < -0.4 is 0 Å². The Morgan fingerprint density at radius 1 is 1.08 bits per heavy atom. The molecular weight excluding hydrogens is 356 g/mol. The van der Waals surface area contributed by atoms with Crippen LogP contribution >= 0.6 is 0 Å². The third-order valence-corrected chi connectivity index (χ3v) is 7.39. The van der Waals surface area contributed by atoms with Gasteiger partial charge in [0.2, 0.25) is 0 Å². The average molecular weight is 391 g/mol. The summed E-state index contributed by atoms with van der Waals surface area (Å²) in [5.41, 5.74) is 0. The van der Waals surface area contributed by atoms with Crippen LogP contribution in [0.25, 0.3) is 0 Å². The Hall–Kier alpha value is -0.660. The van der Waals surface area contributed by atoms with Gasteiger partial charge in [0.25, 0.3) is 0 Å². The lowest BCUT2D eigenvalue weighted by atomic mass is 9.81. The lowest BCUT2D eigenvalue weighted by Crippen LogP contribution is -2.36. The fraction of sp³-hybridized carbons (Fsp3) is 0.947. The van der Waals surface area contributed by atoms with Crippen molar-refractivity contribution in [2.75, 3.05) is 24.7 Å². The van der Waals surface area contributed by atoms with Crippen molar-refractivity contribution in [1.29, 1.82) is 0 Å². The highest BCUT2D eigenvalue weighted by Crippen LogP contribution is 2.44. The van der Waals surface area contributed by atoms with Gasteiger partial charge in [-0.1, -0.05) is 26.2 Å². The van der Waals surface area contributed by atoms with E-state index in [-0.39, 0.29) is 42.0 Å². The van der Waals surface area contributed by atoms with Gasteiger partial charge in [0.15, 0.2) is 9.84 Å². The fourth-order valence-corrected chi connectivity index (χ4v) is 6.02. The fourth-order valence-electron chi connectivity index (χ4n) is 4.16. The molecule has 4 atom stereocenters. The molecule has 0 saturated carbocycles. The number of hydrogen-bond acceptors (Lipinski definition) is 5. The summed E-state index contributed by atoms with van der Waals surface area (Å²) in [5.74, 6) is -0.0879. The first-order chi connectivity index (χ1) is 12.4. The van der Waals surface area contributed by atoms with E-state index < -0.39 is 15.8 Å². The van der Waals surface area contributed by atoms with Gasteiger partial charge in [0, 0.05) is 24.9 Å². The quantitative estimate of drug-likeness (QED) is 0.459. The zero-order valence-corrected chi connectivity index (χ0v) is 16.7. The van der Waals surface area contributed by atoms with Crippen molar-refractivity contribution < 1.29 is 27.8 Å². The molecule has 0 aromatic heterocycles. The van der Waals surface area contributed by atoms with Crippen LogP contribution in [0.5, 0.6) is 0 Å². The minimum atomic E-state index is -3.05. The van der Waals surface area contributed by atoms with Crippen molar-refractivity contribution in [3.63, 3.8) is 0 Å². The van der Waals surface area contributed by atoms with Crippen molar-refractivity contribution in [2.45, 2.75) is 76.9 Å². The third-order valence-electron chi connectivity index (χ3n) is 5.59. The second-order valence-electron chi connectivity index (χ2n) is 7.72. The summed E-state index contributed by atoms with van der Waals surface area (Å²) in [6.07, 6.45) is 7.54. The zero-order valence-electron chi connectivity index (χ0n) is 15.9. The Morgan fingerprint density at radius 2 is 1.81 bits per heavy atom. The zero-order chi connectivity index (χ0) is 19.0. The number of carboxylic acids is 1. The Morgan fingerprint density at radius 3 is 2.50 bits per heavy atom. The van der Waals surface area contributed by atoms with Crippen molar-refractivity contribution in [1.82, 2.24) is 0 Å². The summed E-state index contributed by atoms with van der Waals surface area (Å²) >= 11 is 0.